The molecule has 2 N–H and O–H groups in total. The van der Waals surface area contributed by atoms with Crippen molar-refractivity contribution in [3.05, 3.63) is 23.2 Å². The van der Waals surface area contributed by atoms with Crippen LogP contribution in [0.5, 0.6) is 0 Å². The molecular formula is C15H23ClN3O3S+. The molecule has 1 saturated heterocycles. The Labute approximate surface area is 142 Å². The highest BCUT2D eigenvalue weighted by Gasteiger charge is 2.21. The van der Waals surface area contributed by atoms with Gasteiger partial charge in [-0.3, -0.25) is 4.79 Å². The maximum absolute atomic E-state index is 12.2. The van der Waals surface area contributed by atoms with Crippen molar-refractivity contribution in [2.75, 3.05) is 39.0 Å². The second-order valence-corrected chi connectivity index (χ2v) is 8.52. The summed E-state index contributed by atoms with van der Waals surface area (Å²) in [6.45, 7) is 2.37. The van der Waals surface area contributed by atoms with Crippen LogP contribution in [0.3, 0.4) is 0 Å². The van der Waals surface area contributed by atoms with Crippen molar-refractivity contribution in [2.45, 2.75) is 24.2 Å². The Morgan fingerprint density at radius 2 is 1.91 bits per heavy atom. The third-order valence-corrected chi connectivity index (χ3v) is 6.10. The van der Waals surface area contributed by atoms with Crippen molar-refractivity contribution in [2.24, 2.45) is 0 Å². The average Bonchev–Trinajstić information content (AvgIpc) is 2.50. The van der Waals surface area contributed by atoms with Gasteiger partial charge in [-0.15, -0.1) is 0 Å². The van der Waals surface area contributed by atoms with Gasteiger partial charge in [-0.1, -0.05) is 11.6 Å². The smallest absolute Gasteiger partial charge is 0.279 e. The van der Waals surface area contributed by atoms with Crippen LogP contribution in [0, 0.1) is 0 Å². The predicted octanol–water partition coefficient (Wildman–Crippen LogP) is 0.598. The number of sulfonamides is 1. The van der Waals surface area contributed by atoms with Crippen LogP contribution < -0.4 is 10.2 Å². The number of amides is 1. The van der Waals surface area contributed by atoms with Crippen LogP contribution in [0.1, 0.15) is 19.3 Å². The van der Waals surface area contributed by atoms with Crippen LogP contribution in [0.25, 0.3) is 0 Å². The van der Waals surface area contributed by atoms with Gasteiger partial charge in [-0.05, 0) is 37.5 Å². The largest absolute Gasteiger partial charge is 0.327 e. The molecule has 0 bridgehead atoms. The predicted molar refractivity (Wildman–Crippen MR) is 90.4 cm³/mol. The van der Waals surface area contributed by atoms with Crippen LogP contribution >= 0.6 is 11.6 Å². The fourth-order valence-electron chi connectivity index (χ4n) is 2.62. The molecule has 0 aromatic heterocycles. The second-order valence-electron chi connectivity index (χ2n) is 5.96. The van der Waals surface area contributed by atoms with Crippen LogP contribution in [-0.4, -0.2) is 52.4 Å². The average molecular weight is 361 g/mol. The zero-order chi connectivity index (χ0) is 17.0. The van der Waals surface area contributed by atoms with Gasteiger partial charge in [0.25, 0.3) is 5.91 Å². The first-order valence-corrected chi connectivity index (χ1v) is 9.48. The molecule has 128 valence electrons. The van der Waals surface area contributed by atoms with E-state index in [1.807, 2.05) is 0 Å². The minimum Gasteiger partial charge on any atom is -0.327 e. The Morgan fingerprint density at radius 3 is 2.52 bits per heavy atom. The van der Waals surface area contributed by atoms with Gasteiger partial charge in [0.1, 0.15) is 0 Å². The quantitative estimate of drug-likeness (QED) is 0.807. The second kappa shape index (κ2) is 7.61. The molecule has 0 spiro atoms. The summed E-state index contributed by atoms with van der Waals surface area (Å²) in [5.41, 5.74) is 0.330. The number of halogens is 1. The van der Waals surface area contributed by atoms with Crippen molar-refractivity contribution >= 4 is 33.2 Å². The Bertz CT molecular complexity index is 671. The highest BCUT2D eigenvalue weighted by molar-refractivity contribution is 7.89. The number of quaternary nitrogens is 1. The zero-order valence-electron chi connectivity index (χ0n) is 13.4. The highest BCUT2D eigenvalue weighted by atomic mass is 35.5. The van der Waals surface area contributed by atoms with Crippen molar-refractivity contribution in [1.29, 1.82) is 0 Å². The van der Waals surface area contributed by atoms with Crippen LogP contribution in [-0.2, 0) is 14.8 Å². The lowest BCUT2D eigenvalue weighted by molar-refractivity contribution is -0.896. The van der Waals surface area contributed by atoms with E-state index in [4.69, 9.17) is 11.6 Å². The first-order chi connectivity index (χ1) is 10.8. The van der Waals surface area contributed by atoms with E-state index in [0.29, 0.717) is 17.3 Å². The summed E-state index contributed by atoms with van der Waals surface area (Å²) in [6.07, 6.45) is 3.50. The molecule has 0 radical (unpaired) electrons. The lowest BCUT2D eigenvalue weighted by atomic mass is 10.1. The summed E-state index contributed by atoms with van der Waals surface area (Å²) >= 11 is 6.08. The van der Waals surface area contributed by atoms with E-state index in [0.717, 1.165) is 30.2 Å². The number of likely N-dealkylation sites (tertiary alicyclic amines) is 1. The summed E-state index contributed by atoms with van der Waals surface area (Å²) < 4.78 is 25.5. The van der Waals surface area contributed by atoms with E-state index < -0.39 is 10.0 Å². The molecule has 1 aliphatic rings. The number of piperidine rings is 1. The van der Waals surface area contributed by atoms with E-state index in [2.05, 4.69) is 5.32 Å². The van der Waals surface area contributed by atoms with E-state index in [1.165, 1.54) is 43.6 Å². The van der Waals surface area contributed by atoms with Crippen molar-refractivity contribution in [3.63, 3.8) is 0 Å². The molecule has 0 aliphatic carbocycles. The lowest BCUT2D eigenvalue weighted by Crippen LogP contribution is -3.13. The lowest BCUT2D eigenvalue weighted by Gasteiger charge is -2.23. The molecule has 6 nitrogen and oxygen atoms in total. The number of benzene rings is 1. The fraction of sp³-hybridized carbons (Fsp3) is 0.533. The topological polar surface area (TPSA) is 70.9 Å². The number of hydrogen-bond donors (Lipinski definition) is 2. The number of carbonyl (C=O) groups is 1. The van der Waals surface area contributed by atoms with E-state index in [9.17, 15) is 13.2 Å². The molecule has 1 aliphatic heterocycles. The Balaban J connectivity index is 2.11. The van der Waals surface area contributed by atoms with Crippen LogP contribution in [0.2, 0.25) is 5.02 Å². The van der Waals surface area contributed by atoms with Gasteiger partial charge in [0.05, 0.1) is 28.7 Å². The first-order valence-electron chi connectivity index (χ1n) is 7.66. The van der Waals surface area contributed by atoms with E-state index >= 15 is 0 Å². The molecule has 8 heteroatoms. The highest BCUT2D eigenvalue weighted by Crippen LogP contribution is 2.26. The standard InChI is InChI=1S/C15H22ClN3O3S/c1-18(2)23(21,22)12-6-7-13(16)14(10-12)17-15(20)11-19-8-4-3-5-9-19/h6-7,10H,3-5,8-9,11H2,1-2H3,(H,17,20)/p+1. The minimum atomic E-state index is -3.56. The van der Waals surface area contributed by atoms with Gasteiger partial charge in [-0.25, -0.2) is 12.7 Å². The summed E-state index contributed by atoms with van der Waals surface area (Å²) in [5.74, 6) is -0.150. The summed E-state index contributed by atoms with van der Waals surface area (Å²) in [4.78, 5) is 13.5. The number of carbonyl (C=O) groups excluding carboxylic acids is 1. The van der Waals surface area contributed by atoms with Gasteiger partial charge in [0.15, 0.2) is 6.54 Å². The molecule has 1 fully saturated rings. The normalized spacial score (nSPS) is 16.5. The number of rotatable bonds is 5. The van der Waals surface area contributed by atoms with E-state index in [1.54, 1.807) is 0 Å². The Hall–Kier alpha value is -1.15. The number of nitrogens with one attached hydrogen (secondary N) is 2. The molecule has 1 heterocycles. The minimum absolute atomic E-state index is 0.104. The molecule has 0 unspecified atom stereocenters. The molecule has 0 saturated carbocycles. The third-order valence-electron chi connectivity index (χ3n) is 3.96. The summed E-state index contributed by atoms with van der Waals surface area (Å²) in [5, 5.41) is 3.06. The molecule has 1 aromatic carbocycles. The van der Waals surface area contributed by atoms with Gasteiger partial charge in [0, 0.05) is 14.1 Å². The first kappa shape index (κ1) is 18.2. The van der Waals surface area contributed by atoms with E-state index in [-0.39, 0.29) is 10.8 Å². The number of anilines is 1. The number of nitrogens with zero attached hydrogens (tertiary/aromatic N) is 1. The molecule has 1 amide bonds. The Kier molecular flexibility index (Phi) is 6.02. The van der Waals surface area contributed by atoms with Crippen LogP contribution in [0.4, 0.5) is 5.69 Å². The maximum atomic E-state index is 12.2. The SMILES string of the molecule is CN(C)S(=O)(=O)c1ccc(Cl)c(NC(=O)C[NH+]2CCCCC2)c1. The summed E-state index contributed by atoms with van der Waals surface area (Å²) in [6, 6.07) is 4.33. The van der Waals surface area contributed by atoms with Crippen molar-refractivity contribution < 1.29 is 18.1 Å². The molecular weight excluding hydrogens is 338 g/mol. The maximum Gasteiger partial charge on any atom is 0.279 e. The summed E-state index contributed by atoms with van der Waals surface area (Å²) in [7, 11) is -0.641. The Morgan fingerprint density at radius 1 is 1.26 bits per heavy atom. The van der Waals surface area contributed by atoms with Gasteiger partial charge in [0.2, 0.25) is 10.0 Å². The molecule has 1 aromatic rings. The van der Waals surface area contributed by atoms with Gasteiger partial charge >= 0.3 is 0 Å². The van der Waals surface area contributed by atoms with Crippen molar-refractivity contribution in [3.8, 4) is 0 Å². The van der Waals surface area contributed by atoms with Gasteiger partial charge in [-0.2, -0.15) is 0 Å². The monoisotopic (exact) mass is 360 g/mol. The molecule has 23 heavy (non-hydrogen) atoms. The van der Waals surface area contributed by atoms with Crippen molar-refractivity contribution in [1.82, 2.24) is 4.31 Å². The molecule has 2 rings (SSSR count). The fourth-order valence-corrected chi connectivity index (χ4v) is 3.71. The molecule has 0 atom stereocenters. The third kappa shape index (κ3) is 4.67. The van der Waals surface area contributed by atoms with Crippen LogP contribution in [0.15, 0.2) is 23.1 Å². The zero-order valence-corrected chi connectivity index (χ0v) is 15.0. The van der Waals surface area contributed by atoms with Gasteiger partial charge < -0.3 is 10.2 Å². The number of hydrogen-bond acceptors (Lipinski definition) is 3.